The van der Waals surface area contributed by atoms with Crippen LogP contribution in [-0.4, -0.2) is 14.8 Å². The van der Waals surface area contributed by atoms with Gasteiger partial charge in [-0.2, -0.15) is 10.1 Å². The summed E-state index contributed by atoms with van der Waals surface area (Å²) < 4.78 is 23.1. The van der Waals surface area contributed by atoms with E-state index in [1.807, 2.05) is 47.1 Å². The summed E-state index contributed by atoms with van der Waals surface area (Å²) in [5, 5.41) is 7.94. The van der Waals surface area contributed by atoms with Gasteiger partial charge in [0.05, 0.1) is 5.70 Å². The highest BCUT2D eigenvalue weighted by Gasteiger charge is 2.40. The average molecular weight is 475 g/mol. The molecule has 2 aliphatic heterocycles. The maximum absolute atomic E-state index is 13.7. The lowest BCUT2D eigenvalue weighted by Crippen LogP contribution is -2.32. The molecule has 0 unspecified atom stereocenters. The van der Waals surface area contributed by atoms with Crippen molar-refractivity contribution in [3.05, 3.63) is 112 Å². The Hall–Kier alpha value is -3.45. The number of fused-ring (bicyclic) bond motifs is 3. The molecule has 0 spiro atoms. The van der Waals surface area contributed by atoms with Gasteiger partial charge in [0.25, 0.3) is 0 Å². The van der Waals surface area contributed by atoms with Crippen LogP contribution >= 0.6 is 15.9 Å². The predicted octanol–water partition coefficient (Wildman–Crippen LogP) is 5.74. The molecule has 0 amide bonds. The van der Waals surface area contributed by atoms with Crippen molar-refractivity contribution in [3.8, 4) is 5.75 Å². The minimum Gasteiger partial charge on any atom is -0.480 e. The Balaban J connectivity index is 1.63. The van der Waals surface area contributed by atoms with Gasteiger partial charge in [-0.25, -0.2) is 9.07 Å². The van der Waals surface area contributed by atoms with Gasteiger partial charge in [0.1, 0.15) is 30.0 Å². The fourth-order valence-corrected chi connectivity index (χ4v) is 4.74. The second kappa shape index (κ2) is 7.06. The number of nitrogens with one attached hydrogen (secondary N) is 1. The first-order chi connectivity index (χ1) is 15.2. The highest BCUT2D eigenvalue weighted by molar-refractivity contribution is 9.10. The number of nitrogens with zero attached hydrogens (tertiary/aromatic N) is 3. The van der Waals surface area contributed by atoms with Crippen LogP contribution in [0.4, 0.5) is 10.3 Å². The number of aromatic nitrogens is 3. The van der Waals surface area contributed by atoms with Crippen molar-refractivity contribution >= 4 is 27.6 Å². The van der Waals surface area contributed by atoms with Gasteiger partial charge >= 0.3 is 0 Å². The molecule has 6 rings (SSSR count). The second-order valence-corrected chi connectivity index (χ2v) is 8.40. The summed E-state index contributed by atoms with van der Waals surface area (Å²) >= 11 is 3.58. The third-order valence-corrected chi connectivity index (χ3v) is 6.15. The topological polar surface area (TPSA) is 52.0 Å². The summed E-state index contributed by atoms with van der Waals surface area (Å²) in [5.74, 6) is 1.15. The zero-order valence-electron chi connectivity index (χ0n) is 16.2. The lowest BCUT2D eigenvalue weighted by molar-refractivity contribution is 0.223. The van der Waals surface area contributed by atoms with Gasteiger partial charge in [0.15, 0.2) is 0 Å². The number of anilines is 1. The van der Waals surface area contributed by atoms with Gasteiger partial charge in [-0.05, 0) is 47.5 Å². The number of benzene rings is 3. The Morgan fingerprint density at radius 3 is 2.65 bits per heavy atom. The second-order valence-electron chi connectivity index (χ2n) is 7.49. The first-order valence-corrected chi connectivity index (χ1v) is 10.7. The Morgan fingerprint density at radius 2 is 1.81 bits per heavy atom. The zero-order chi connectivity index (χ0) is 20.9. The molecular formula is C24H16BrFN4O. The lowest BCUT2D eigenvalue weighted by Gasteiger charge is -2.39. The Bertz CT molecular complexity index is 1330. The molecule has 0 saturated heterocycles. The van der Waals surface area contributed by atoms with Crippen molar-refractivity contribution in [1.82, 2.24) is 14.8 Å². The maximum Gasteiger partial charge on any atom is 0.226 e. The average Bonchev–Trinajstić information content (AvgIpc) is 3.26. The molecule has 0 radical (unpaired) electrons. The van der Waals surface area contributed by atoms with Gasteiger partial charge in [0.2, 0.25) is 5.95 Å². The number of para-hydroxylation sites is 1. The van der Waals surface area contributed by atoms with Crippen LogP contribution in [0.2, 0.25) is 0 Å². The molecule has 2 aliphatic rings. The van der Waals surface area contributed by atoms with Crippen LogP contribution in [0.3, 0.4) is 0 Å². The molecular weight excluding hydrogens is 459 g/mol. The lowest BCUT2D eigenvalue weighted by atomic mass is 9.84. The third-order valence-electron chi connectivity index (χ3n) is 5.66. The van der Waals surface area contributed by atoms with Gasteiger partial charge in [-0.1, -0.05) is 52.3 Å². The van der Waals surface area contributed by atoms with Crippen molar-refractivity contribution in [2.75, 3.05) is 5.32 Å². The Kier molecular flexibility index (Phi) is 4.17. The first-order valence-electron chi connectivity index (χ1n) is 9.86. The number of hydrogen-bond acceptors (Lipinski definition) is 4. The predicted molar refractivity (Wildman–Crippen MR) is 119 cm³/mol. The minimum absolute atomic E-state index is 0.278. The van der Waals surface area contributed by atoms with Crippen LogP contribution in [0.25, 0.3) is 5.70 Å². The maximum atomic E-state index is 13.7. The van der Waals surface area contributed by atoms with Crippen LogP contribution in [0.1, 0.15) is 28.8 Å². The molecule has 3 heterocycles. The molecule has 7 heteroatoms. The van der Waals surface area contributed by atoms with E-state index in [9.17, 15) is 4.39 Å². The number of rotatable bonds is 2. The fraction of sp³-hybridized carbons (Fsp3) is 0.0833. The van der Waals surface area contributed by atoms with Crippen LogP contribution < -0.4 is 10.1 Å². The van der Waals surface area contributed by atoms with E-state index >= 15 is 0 Å². The molecule has 0 bridgehead atoms. The van der Waals surface area contributed by atoms with Gasteiger partial charge in [-0.15, -0.1) is 0 Å². The normalized spacial score (nSPS) is 19.0. The summed E-state index contributed by atoms with van der Waals surface area (Å²) in [6.45, 7) is 0. The van der Waals surface area contributed by atoms with E-state index in [2.05, 4.69) is 37.4 Å². The van der Waals surface area contributed by atoms with E-state index in [1.165, 1.54) is 18.5 Å². The Morgan fingerprint density at radius 1 is 0.968 bits per heavy atom. The number of hydrogen-bond donors (Lipinski definition) is 1. The number of halogens is 2. The van der Waals surface area contributed by atoms with E-state index in [1.54, 1.807) is 12.1 Å². The quantitative estimate of drug-likeness (QED) is 0.402. The molecule has 2 atom stereocenters. The molecule has 0 saturated carbocycles. The third kappa shape index (κ3) is 2.96. The van der Waals surface area contributed by atoms with Gasteiger partial charge < -0.3 is 10.1 Å². The van der Waals surface area contributed by atoms with Crippen molar-refractivity contribution in [1.29, 1.82) is 0 Å². The van der Waals surface area contributed by atoms with E-state index in [-0.39, 0.29) is 18.0 Å². The fourth-order valence-electron chi connectivity index (χ4n) is 4.33. The molecule has 1 aromatic heterocycles. The van der Waals surface area contributed by atoms with Crippen LogP contribution in [0.5, 0.6) is 5.75 Å². The SMILES string of the molecule is Fc1ccc([C@H]2C3=C(Nc4ncnn42)c2ccccc2O[C@H]3c2cccc(Br)c2)cc1. The molecule has 152 valence electrons. The molecule has 0 fully saturated rings. The smallest absolute Gasteiger partial charge is 0.226 e. The van der Waals surface area contributed by atoms with Crippen LogP contribution in [0.15, 0.2) is 89.2 Å². The van der Waals surface area contributed by atoms with E-state index in [4.69, 9.17) is 4.74 Å². The summed E-state index contributed by atoms with van der Waals surface area (Å²) in [6, 6.07) is 22.3. The Labute approximate surface area is 186 Å². The molecule has 4 aromatic rings. The van der Waals surface area contributed by atoms with Crippen LogP contribution in [-0.2, 0) is 0 Å². The van der Waals surface area contributed by atoms with Gasteiger partial charge in [0, 0.05) is 15.6 Å². The minimum atomic E-state index is -0.359. The van der Waals surface area contributed by atoms with E-state index < -0.39 is 0 Å². The molecule has 0 aliphatic carbocycles. The summed E-state index contributed by atoms with van der Waals surface area (Å²) in [7, 11) is 0. The summed E-state index contributed by atoms with van der Waals surface area (Å²) in [5.41, 5.74) is 4.83. The monoisotopic (exact) mass is 474 g/mol. The summed E-state index contributed by atoms with van der Waals surface area (Å²) in [6.07, 6.45) is 1.17. The van der Waals surface area contributed by atoms with Crippen molar-refractivity contribution < 1.29 is 9.13 Å². The van der Waals surface area contributed by atoms with Gasteiger partial charge in [-0.3, -0.25) is 0 Å². The molecule has 3 aromatic carbocycles. The first kappa shape index (κ1) is 18.3. The van der Waals surface area contributed by atoms with E-state index in [0.717, 1.165) is 38.2 Å². The zero-order valence-corrected chi connectivity index (χ0v) is 17.8. The number of ether oxygens (including phenoxy) is 1. The van der Waals surface area contributed by atoms with Crippen molar-refractivity contribution in [2.24, 2.45) is 0 Å². The van der Waals surface area contributed by atoms with Crippen molar-refractivity contribution in [3.63, 3.8) is 0 Å². The molecule has 1 N–H and O–H groups in total. The largest absolute Gasteiger partial charge is 0.480 e. The standard InChI is InChI=1S/C24H16BrFN4O/c25-16-5-3-4-15(12-16)23-20-21(18-6-1-2-7-19(18)31-23)29-24-27-13-28-30(24)22(20)14-8-10-17(26)11-9-14/h1-13,22-23H,(H,27,28,29)/t22-,23-/m0/s1. The summed E-state index contributed by atoms with van der Waals surface area (Å²) in [4.78, 5) is 4.41. The van der Waals surface area contributed by atoms with E-state index in [0.29, 0.717) is 5.95 Å². The molecule has 31 heavy (non-hydrogen) atoms. The highest BCUT2D eigenvalue weighted by atomic mass is 79.9. The molecule has 5 nitrogen and oxygen atoms in total. The van der Waals surface area contributed by atoms with Crippen LogP contribution in [0, 0.1) is 5.82 Å². The highest BCUT2D eigenvalue weighted by Crippen LogP contribution is 2.50. The van der Waals surface area contributed by atoms with Crippen molar-refractivity contribution in [2.45, 2.75) is 12.1 Å².